The maximum Gasteiger partial charge on any atom is 0.167 e. The van der Waals surface area contributed by atoms with Crippen LogP contribution in [0.15, 0.2) is 30.9 Å². The van der Waals surface area contributed by atoms with Gasteiger partial charge in [0, 0.05) is 25.0 Å². The Kier molecular flexibility index (Phi) is 6.49. The minimum absolute atomic E-state index is 0.266. The molecule has 3 aromatic heterocycles. The lowest BCUT2D eigenvalue weighted by molar-refractivity contribution is -0.0620. The van der Waals surface area contributed by atoms with Gasteiger partial charge in [-0.3, -0.25) is 9.47 Å². The molecule has 212 valence electrons. The molecule has 2 saturated carbocycles. The summed E-state index contributed by atoms with van der Waals surface area (Å²) in [6.07, 6.45) is 6.33. The van der Waals surface area contributed by atoms with Gasteiger partial charge in [-0.1, -0.05) is 6.07 Å². The SMILES string of the molecule is CC(C)N(C[C@H]1O[C@@H](n2cnc3c(N)ncnc32)[C@H](O)[C@@H]1O)[C@H]1C[C@H](CCc2nc3cc(C4CC4)ccc3[nH]2)C1. The number of aromatic nitrogens is 6. The van der Waals surface area contributed by atoms with Gasteiger partial charge < -0.3 is 25.7 Å². The fourth-order valence-corrected chi connectivity index (χ4v) is 6.57. The van der Waals surface area contributed by atoms with Crippen molar-refractivity contribution in [2.45, 2.75) is 94.9 Å². The van der Waals surface area contributed by atoms with Gasteiger partial charge in [0.1, 0.15) is 36.0 Å². The van der Waals surface area contributed by atoms with Crippen molar-refractivity contribution in [1.29, 1.82) is 0 Å². The summed E-state index contributed by atoms with van der Waals surface area (Å²) in [6.45, 7) is 4.90. The van der Waals surface area contributed by atoms with Crippen LogP contribution in [0.25, 0.3) is 22.2 Å². The van der Waals surface area contributed by atoms with Crippen LogP contribution >= 0.6 is 0 Å². The number of nitrogens with two attached hydrogens (primary N) is 1. The number of H-pyrrole nitrogens is 1. The molecule has 2 aliphatic carbocycles. The number of nitrogens with zero attached hydrogens (tertiary/aromatic N) is 6. The molecule has 1 aliphatic heterocycles. The highest BCUT2D eigenvalue weighted by Crippen LogP contribution is 2.41. The van der Waals surface area contributed by atoms with Gasteiger partial charge in [0.15, 0.2) is 17.7 Å². The van der Waals surface area contributed by atoms with Crippen molar-refractivity contribution >= 4 is 28.0 Å². The van der Waals surface area contributed by atoms with Crippen molar-refractivity contribution in [1.82, 2.24) is 34.4 Å². The highest BCUT2D eigenvalue weighted by atomic mass is 16.6. The van der Waals surface area contributed by atoms with Crippen molar-refractivity contribution in [2.24, 2.45) is 5.92 Å². The predicted octanol–water partition coefficient (Wildman–Crippen LogP) is 2.90. The Hall–Kier alpha value is -3.12. The van der Waals surface area contributed by atoms with E-state index in [0.717, 1.165) is 48.5 Å². The minimum atomic E-state index is -1.11. The first-order chi connectivity index (χ1) is 19.4. The second kappa shape index (κ2) is 10.1. The van der Waals surface area contributed by atoms with Crippen LogP contribution in [-0.2, 0) is 11.2 Å². The number of fused-ring (bicyclic) bond motifs is 2. The number of hydrogen-bond donors (Lipinski definition) is 4. The van der Waals surface area contributed by atoms with Crippen LogP contribution in [0.2, 0.25) is 0 Å². The monoisotopic (exact) mass is 546 g/mol. The Balaban J connectivity index is 0.959. The molecule has 40 heavy (non-hydrogen) atoms. The van der Waals surface area contributed by atoms with Crippen molar-refractivity contribution in [3.63, 3.8) is 0 Å². The van der Waals surface area contributed by atoms with Gasteiger partial charge in [-0.2, -0.15) is 0 Å². The van der Waals surface area contributed by atoms with Gasteiger partial charge in [0.05, 0.1) is 17.4 Å². The lowest BCUT2D eigenvalue weighted by Crippen LogP contribution is -2.52. The first-order valence-electron chi connectivity index (χ1n) is 14.5. The molecule has 0 bridgehead atoms. The van der Waals surface area contributed by atoms with E-state index in [4.69, 9.17) is 15.5 Å². The number of benzene rings is 1. The number of aryl methyl sites for hydroxylation is 1. The molecule has 1 saturated heterocycles. The van der Waals surface area contributed by atoms with Gasteiger partial charge in [-0.05, 0) is 75.5 Å². The van der Waals surface area contributed by atoms with E-state index < -0.39 is 24.5 Å². The zero-order valence-electron chi connectivity index (χ0n) is 23.0. The number of anilines is 1. The summed E-state index contributed by atoms with van der Waals surface area (Å²) in [6, 6.07) is 7.39. The molecule has 11 heteroatoms. The Labute approximate surface area is 232 Å². The largest absolute Gasteiger partial charge is 0.387 e. The molecule has 0 unspecified atom stereocenters. The molecule has 4 atom stereocenters. The average Bonchev–Trinajstić information content (AvgIpc) is 3.45. The van der Waals surface area contributed by atoms with E-state index in [1.165, 1.54) is 31.1 Å². The molecule has 0 radical (unpaired) electrons. The quantitative estimate of drug-likeness (QED) is 0.248. The van der Waals surface area contributed by atoms with E-state index in [1.54, 1.807) is 4.57 Å². The number of aliphatic hydroxyl groups excluding tert-OH is 2. The van der Waals surface area contributed by atoms with Gasteiger partial charge in [-0.25, -0.2) is 19.9 Å². The Bertz CT molecular complexity index is 1510. The first kappa shape index (κ1) is 25.8. The molecular formula is C29H38N8O3. The van der Waals surface area contributed by atoms with Gasteiger partial charge >= 0.3 is 0 Å². The molecule has 3 fully saturated rings. The molecular weight excluding hydrogens is 508 g/mol. The second-order valence-electron chi connectivity index (χ2n) is 12.2. The normalized spacial score (nSPS) is 28.8. The number of imidazole rings is 2. The lowest BCUT2D eigenvalue weighted by atomic mass is 9.76. The third-order valence-corrected chi connectivity index (χ3v) is 9.13. The Morgan fingerprint density at radius 1 is 1.15 bits per heavy atom. The highest BCUT2D eigenvalue weighted by Gasteiger charge is 2.46. The molecule has 1 aromatic carbocycles. The molecule has 7 rings (SSSR count). The summed E-state index contributed by atoms with van der Waals surface area (Å²) in [5.74, 6) is 2.73. The summed E-state index contributed by atoms with van der Waals surface area (Å²) in [4.78, 5) is 23.3. The van der Waals surface area contributed by atoms with E-state index in [0.29, 0.717) is 29.7 Å². The Morgan fingerprint density at radius 2 is 1.98 bits per heavy atom. The number of ether oxygens (including phenoxy) is 1. The standard InChI is InChI=1S/C29H38N8O3/c1-15(2)36(12-22-25(38)26(39)29(40-22)37-14-33-24-27(30)31-13-32-28(24)37)19-9-16(10-19)3-8-23-34-20-7-6-18(17-4-5-17)11-21(20)35-23/h6-7,11,13-17,19,22,25-26,29,38-39H,3-5,8-10,12H2,1-2H3,(H,34,35)(H2,30,31,32)/t16-,19-,22-,25-,26-,29-/m1/s1. The maximum atomic E-state index is 10.9. The van der Waals surface area contributed by atoms with Crippen LogP contribution in [0.5, 0.6) is 0 Å². The fraction of sp³-hybridized carbons (Fsp3) is 0.586. The van der Waals surface area contributed by atoms with Crippen molar-refractivity contribution in [3.05, 3.63) is 42.2 Å². The second-order valence-corrected chi connectivity index (χ2v) is 12.2. The lowest BCUT2D eigenvalue weighted by Gasteiger charge is -2.46. The van der Waals surface area contributed by atoms with Crippen molar-refractivity contribution < 1.29 is 14.9 Å². The van der Waals surface area contributed by atoms with Gasteiger partial charge in [0.25, 0.3) is 0 Å². The fourth-order valence-electron chi connectivity index (χ4n) is 6.57. The molecule has 5 N–H and O–H groups in total. The van der Waals surface area contributed by atoms with E-state index in [2.05, 4.69) is 56.9 Å². The number of rotatable bonds is 9. The van der Waals surface area contributed by atoms with Gasteiger partial charge in [0.2, 0.25) is 0 Å². The zero-order valence-corrected chi connectivity index (χ0v) is 23.0. The predicted molar refractivity (Wildman–Crippen MR) is 150 cm³/mol. The van der Waals surface area contributed by atoms with Crippen LogP contribution in [0.3, 0.4) is 0 Å². The average molecular weight is 547 g/mol. The van der Waals surface area contributed by atoms with E-state index >= 15 is 0 Å². The molecule has 4 heterocycles. The molecule has 0 amide bonds. The van der Waals surface area contributed by atoms with Crippen LogP contribution in [0.4, 0.5) is 5.82 Å². The van der Waals surface area contributed by atoms with E-state index in [-0.39, 0.29) is 11.9 Å². The number of aliphatic hydroxyl groups is 2. The summed E-state index contributed by atoms with van der Waals surface area (Å²) < 4.78 is 7.86. The third kappa shape index (κ3) is 4.64. The van der Waals surface area contributed by atoms with Crippen LogP contribution in [0.1, 0.15) is 69.5 Å². The van der Waals surface area contributed by atoms with Gasteiger partial charge in [-0.15, -0.1) is 0 Å². The van der Waals surface area contributed by atoms with Crippen LogP contribution in [-0.4, -0.2) is 81.5 Å². The van der Waals surface area contributed by atoms with Crippen molar-refractivity contribution in [3.8, 4) is 0 Å². The molecule has 3 aliphatic rings. The van der Waals surface area contributed by atoms with Crippen molar-refractivity contribution in [2.75, 3.05) is 12.3 Å². The molecule has 0 spiro atoms. The number of aromatic amines is 1. The third-order valence-electron chi connectivity index (χ3n) is 9.13. The van der Waals surface area contributed by atoms with Crippen LogP contribution in [0, 0.1) is 5.92 Å². The molecule has 11 nitrogen and oxygen atoms in total. The number of nitrogen functional groups attached to an aromatic ring is 1. The Morgan fingerprint density at radius 3 is 2.75 bits per heavy atom. The highest BCUT2D eigenvalue weighted by molar-refractivity contribution is 5.81. The first-order valence-corrected chi connectivity index (χ1v) is 14.5. The summed E-state index contributed by atoms with van der Waals surface area (Å²) in [7, 11) is 0. The minimum Gasteiger partial charge on any atom is -0.387 e. The summed E-state index contributed by atoms with van der Waals surface area (Å²) in [5.41, 5.74) is 10.5. The maximum absolute atomic E-state index is 10.9. The summed E-state index contributed by atoms with van der Waals surface area (Å²) >= 11 is 0. The number of hydrogen-bond acceptors (Lipinski definition) is 9. The number of nitrogens with one attached hydrogen (secondary N) is 1. The zero-order chi connectivity index (χ0) is 27.5. The van der Waals surface area contributed by atoms with E-state index in [1.807, 2.05) is 0 Å². The molecule has 4 aromatic rings. The van der Waals surface area contributed by atoms with E-state index in [9.17, 15) is 10.2 Å². The summed E-state index contributed by atoms with van der Waals surface area (Å²) in [5, 5.41) is 21.8. The smallest absolute Gasteiger partial charge is 0.167 e. The van der Waals surface area contributed by atoms with Crippen LogP contribution < -0.4 is 5.73 Å². The topological polar surface area (TPSA) is 151 Å².